The standard InChI is InChI=1S/C18H25N3O/c1-13-10-15-12-20-21(18-4-2-3-9-22-18)17(15)11-16(13)14-5-7-19-8-6-14/h10-12,14,18-19H,2-9H2,1H3. The summed E-state index contributed by atoms with van der Waals surface area (Å²) in [6.07, 6.45) is 8.07. The highest BCUT2D eigenvalue weighted by atomic mass is 16.5. The third-order valence-corrected chi connectivity index (χ3v) is 5.19. The van der Waals surface area contributed by atoms with Crippen LogP contribution in [0.5, 0.6) is 0 Å². The molecule has 2 saturated heterocycles. The lowest BCUT2D eigenvalue weighted by atomic mass is 9.87. The van der Waals surface area contributed by atoms with E-state index >= 15 is 0 Å². The van der Waals surface area contributed by atoms with Crippen molar-refractivity contribution in [1.29, 1.82) is 0 Å². The van der Waals surface area contributed by atoms with E-state index in [4.69, 9.17) is 4.74 Å². The van der Waals surface area contributed by atoms with E-state index in [0.29, 0.717) is 5.92 Å². The van der Waals surface area contributed by atoms with Gasteiger partial charge in [-0.1, -0.05) is 0 Å². The average Bonchev–Trinajstić information content (AvgIpc) is 2.98. The zero-order chi connectivity index (χ0) is 14.9. The molecule has 3 heterocycles. The lowest BCUT2D eigenvalue weighted by molar-refractivity contribution is -0.0366. The fourth-order valence-corrected chi connectivity index (χ4v) is 3.94. The van der Waals surface area contributed by atoms with Crippen LogP contribution >= 0.6 is 0 Å². The number of ether oxygens (including phenoxy) is 1. The van der Waals surface area contributed by atoms with Crippen LogP contribution in [0.25, 0.3) is 10.9 Å². The maximum atomic E-state index is 5.94. The summed E-state index contributed by atoms with van der Waals surface area (Å²) in [5.41, 5.74) is 4.15. The lowest BCUT2D eigenvalue weighted by Gasteiger charge is -2.26. The summed E-state index contributed by atoms with van der Waals surface area (Å²) in [4.78, 5) is 0. The van der Waals surface area contributed by atoms with Crippen LogP contribution in [0.3, 0.4) is 0 Å². The molecule has 1 atom stereocenters. The molecule has 0 bridgehead atoms. The Balaban J connectivity index is 1.73. The van der Waals surface area contributed by atoms with Gasteiger partial charge in [0.2, 0.25) is 0 Å². The predicted octanol–water partition coefficient (Wildman–Crippen LogP) is 3.51. The number of piperidine rings is 1. The summed E-state index contributed by atoms with van der Waals surface area (Å²) >= 11 is 0. The summed E-state index contributed by atoms with van der Waals surface area (Å²) in [5.74, 6) is 0.682. The van der Waals surface area contributed by atoms with Gasteiger partial charge in [0.1, 0.15) is 0 Å². The Morgan fingerprint density at radius 1 is 1.18 bits per heavy atom. The van der Waals surface area contributed by atoms with Gasteiger partial charge >= 0.3 is 0 Å². The van der Waals surface area contributed by atoms with Crippen LogP contribution < -0.4 is 5.32 Å². The summed E-state index contributed by atoms with van der Waals surface area (Å²) in [5, 5.41) is 9.33. The highest BCUT2D eigenvalue weighted by Gasteiger charge is 2.22. The van der Waals surface area contributed by atoms with E-state index in [0.717, 1.165) is 26.1 Å². The minimum Gasteiger partial charge on any atom is -0.356 e. The fraction of sp³-hybridized carbons (Fsp3) is 0.611. The first-order chi connectivity index (χ1) is 10.8. The molecular formula is C18H25N3O. The van der Waals surface area contributed by atoms with Crippen molar-refractivity contribution in [3.05, 3.63) is 29.5 Å². The number of fused-ring (bicyclic) bond motifs is 1. The minimum absolute atomic E-state index is 0.120. The minimum atomic E-state index is 0.120. The summed E-state index contributed by atoms with van der Waals surface area (Å²) in [6, 6.07) is 4.69. The number of hydrogen-bond acceptors (Lipinski definition) is 3. The normalized spacial score (nSPS) is 24.0. The van der Waals surface area contributed by atoms with Crippen molar-refractivity contribution in [3.63, 3.8) is 0 Å². The monoisotopic (exact) mass is 299 g/mol. The van der Waals surface area contributed by atoms with Crippen molar-refractivity contribution in [2.24, 2.45) is 0 Å². The van der Waals surface area contributed by atoms with Gasteiger partial charge in [-0.15, -0.1) is 0 Å². The van der Waals surface area contributed by atoms with Crippen LogP contribution in [-0.4, -0.2) is 29.5 Å². The van der Waals surface area contributed by atoms with Gasteiger partial charge in [-0.2, -0.15) is 5.10 Å². The van der Waals surface area contributed by atoms with Crippen LogP contribution in [0.2, 0.25) is 0 Å². The number of aromatic nitrogens is 2. The van der Waals surface area contributed by atoms with Crippen LogP contribution in [0.15, 0.2) is 18.3 Å². The molecule has 0 spiro atoms. The summed E-state index contributed by atoms with van der Waals surface area (Å²) in [7, 11) is 0. The van der Waals surface area contributed by atoms with Crippen molar-refractivity contribution < 1.29 is 4.74 Å². The first-order valence-electron chi connectivity index (χ1n) is 8.63. The highest BCUT2D eigenvalue weighted by Crippen LogP contribution is 2.33. The molecule has 4 rings (SSSR count). The lowest BCUT2D eigenvalue weighted by Crippen LogP contribution is -2.27. The van der Waals surface area contributed by atoms with Crippen molar-refractivity contribution >= 4 is 10.9 Å². The van der Waals surface area contributed by atoms with E-state index < -0.39 is 0 Å². The molecule has 4 heteroatoms. The van der Waals surface area contributed by atoms with E-state index in [1.54, 1.807) is 0 Å². The van der Waals surface area contributed by atoms with Gasteiger partial charge in [-0.25, -0.2) is 4.68 Å². The Kier molecular flexibility index (Phi) is 3.89. The van der Waals surface area contributed by atoms with Gasteiger partial charge in [-0.05, 0) is 81.3 Å². The molecule has 2 aliphatic rings. The van der Waals surface area contributed by atoms with Gasteiger partial charge in [0, 0.05) is 12.0 Å². The highest BCUT2D eigenvalue weighted by molar-refractivity contribution is 5.80. The molecule has 1 N–H and O–H groups in total. The smallest absolute Gasteiger partial charge is 0.150 e. The molecule has 2 aliphatic heterocycles. The Morgan fingerprint density at radius 2 is 2.05 bits per heavy atom. The van der Waals surface area contributed by atoms with Crippen LogP contribution in [0.4, 0.5) is 0 Å². The molecule has 0 amide bonds. The number of nitrogens with zero attached hydrogens (tertiary/aromatic N) is 2. The second-order valence-electron chi connectivity index (χ2n) is 6.70. The van der Waals surface area contributed by atoms with Crippen LogP contribution in [0, 0.1) is 6.92 Å². The predicted molar refractivity (Wildman–Crippen MR) is 88.2 cm³/mol. The Bertz CT molecular complexity index is 652. The molecule has 0 aliphatic carbocycles. The molecule has 4 nitrogen and oxygen atoms in total. The number of rotatable bonds is 2. The molecule has 0 radical (unpaired) electrons. The molecule has 2 aromatic rings. The number of aryl methyl sites for hydroxylation is 1. The Labute approximate surface area is 131 Å². The zero-order valence-electron chi connectivity index (χ0n) is 13.3. The van der Waals surface area contributed by atoms with Crippen molar-refractivity contribution in [2.75, 3.05) is 19.7 Å². The fourth-order valence-electron chi connectivity index (χ4n) is 3.94. The van der Waals surface area contributed by atoms with Crippen LogP contribution in [-0.2, 0) is 4.74 Å². The van der Waals surface area contributed by atoms with E-state index in [2.05, 4.69) is 34.2 Å². The molecule has 1 aromatic heterocycles. The van der Waals surface area contributed by atoms with Crippen molar-refractivity contribution in [3.8, 4) is 0 Å². The average molecular weight is 299 g/mol. The quantitative estimate of drug-likeness (QED) is 0.922. The molecule has 2 fully saturated rings. The second kappa shape index (κ2) is 6.01. The van der Waals surface area contributed by atoms with Gasteiger partial charge in [0.15, 0.2) is 6.23 Å². The van der Waals surface area contributed by atoms with E-state index in [-0.39, 0.29) is 6.23 Å². The van der Waals surface area contributed by atoms with Gasteiger partial charge in [-0.3, -0.25) is 0 Å². The maximum Gasteiger partial charge on any atom is 0.150 e. The summed E-state index contributed by atoms with van der Waals surface area (Å²) in [6.45, 7) is 5.37. The van der Waals surface area contributed by atoms with E-state index in [9.17, 15) is 0 Å². The number of nitrogens with one attached hydrogen (secondary N) is 1. The Hall–Kier alpha value is -1.39. The Morgan fingerprint density at radius 3 is 2.82 bits per heavy atom. The molecule has 1 unspecified atom stereocenters. The van der Waals surface area contributed by atoms with Gasteiger partial charge < -0.3 is 10.1 Å². The SMILES string of the molecule is Cc1cc2cnn(C3CCCCO3)c2cc1C1CCNCC1. The first-order valence-corrected chi connectivity index (χ1v) is 8.63. The third kappa shape index (κ3) is 2.55. The topological polar surface area (TPSA) is 39.1 Å². The van der Waals surface area contributed by atoms with E-state index in [1.165, 1.54) is 47.7 Å². The molecule has 118 valence electrons. The van der Waals surface area contributed by atoms with E-state index in [1.807, 2.05) is 6.20 Å². The number of hydrogen-bond donors (Lipinski definition) is 1. The largest absolute Gasteiger partial charge is 0.356 e. The third-order valence-electron chi connectivity index (χ3n) is 5.19. The maximum absolute atomic E-state index is 5.94. The van der Waals surface area contributed by atoms with Crippen molar-refractivity contribution in [2.45, 2.75) is 51.2 Å². The summed E-state index contributed by atoms with van der Waals surface area (Å²) < 4.78 is 8.05. The first kappa shape index (κ1) is 14.2. The second-order valence-corrected chi connectivity index (χ2v) is 6.70. The number of benzene rings is 1. The molecule has 0 saturated carbocycles. The molecule has 1 aromatic carbocycles. The zero-order valence-corrected chi connectivity index (χ0v) is 13.3. The van der Waals surface area contributed by atoms with Gasteiger partial charge in [0.25, 0.3) is 0 Å². The van der Waals surface area contributed by atoms with Crippen LogP contribution in [0.1, 0.15) is 55.4 Å². The molecular weight excluding hydrogens is 274 g/mol. The van der Waals surface area contributed by atoms with Gasteiger partial charge in [0.05, 0.1) is 11.7 Å². The van der Waals surface area contributed by atoms with Crippen molar-refractivity contribution in [1.82, 2.24) is 15.1 Å². The molecule has 22 heavy (non-hydrogen) atoms.